The average Bonchev–Trinajstić information content (AvgIpc) is 3.21. The number of fused-ring (bicyclic) bond motifs is 1. The predicted molar refractivity (Wildman–Crippen MR) is 132 cm³/mol. The lowest BCUT2D eigenvalue weighted by Gasteiger charge is -2.19. The van der Waals surface area contributed by atoms with E-state index in [1.54, 1.807) is 6.92 Å². The lowest BCUT2D eigenvalue weighted by molar-refractivity contribution is -0.137. The van der Waals surface area contributed by atoms with Gasteiger partial charge in [0.1, 0.15) is 17.5 Å². The van der Waals surface area contributed by atoms with Gasteiger partial charge in [-0.05, 0) is 61.0 Å². The molecule has 6 nitrogen and oxygen atoms in total. The van der Waals surface area contributed by atoms with Crippen LogP contribution >= 0.6 is 11.6 Å². The Hall–Kier alpha value is -4.38. The van der Waals surface area contributed by atoms with Gasteiger partial charge in [-0.25, -0.2) is 18.7 Å². The van der Waals surface area contributed by atoms with E-state index < -0.39 is 46.8 Å². The monoisotopic (exact) mass is 558 g/mol. The molecule has 0 bridgehead atoms. The van der Waals surface area contributed by atoms with Crippen molar-refractivity contribution in [1.29, 1.82) is 0 Å². The third kappa shape index (κ3) is 5.17. The van der Waals surface area contributed by atoms with Crippen molar-refractivity contribution in [3.8, 4) is 11.1 Å². The van der Waals surface area contributed by atoms with Gasteiger partial charge in [0.15, 0.2) is 0 Å². The van der Waals surface area contributed by atoms with Crippen molar-refractivity contribution < 1.29 is 31.5 Å². The van der Waals surface area contributed by atoms with E-state index in [4.69, 9.17) is 11.6 Å². The predicted octanol–water partition coefficient (Wildman–Crippen LogP) is 6.49. The molecular formula is C27H16ClF5N4O2. The molecule has 12 heteroatoms. The van der Waals surface area contributed by atoms with Crippen LogP contribution in [0.25, 0.3) is 11.1 Å². The van der Waals surface area contributed by atoms with Crippen LogP contribution in [0.4, 0.5) is 27.6 Å². The molecule has 5 rings (SSSR count). The third-order valence-corrected chi connectivity index (χ3v) is 6.45. The first-order valence-electron chi connectivity index (χ1n) is 11.3. The van der Waals surface area contributed by atoms with Crippen molar-refractivity contribution in [2.24, 2.45) is 0 Å². The molecular weight excluding hydrogens is 543 g/mol. The maximum atomic E-state index is 14.1. The van der Waals surface area contributed by atoms with Crippen LogP contribution in [0.3, 0.4) is 0 Å². The minimum Gasteiger partial charge on any atom is -0.341 e. The maximum Gasteiger partial charge on any atom is 0.416 e. The molecule has 0 saturated carbocycles. The van der Waals surface area contributed by atoms with E-state index in [1.165, 1.54) is 30.6 Å². The number of halogens is 6. The topological polar surface area (TPSA) is 84.0 Å². The van der Waals surface area contributed by atoms with Crippen LogP contribution in [0, 0.1) is 18.6 Å². The van der Waals surface area contributed by atoms with Gasteiger partial charge in [-0.2, -0.15) is 13.2 Å². The molecule has 2 heterocycles. The highest BCUT2D eigenvalue weighted by molar-refractivity contribution is 6.31. The first-order valence-corrected chi connectivity index (χ1v) is 11.7. The fourth-order valence-corrected chi connectivity index (χ4v) is 4.52. The van der Waals surface area contributed by atoms with E-state index in [2.05, 4.69) is 20.6 Å². The number of alkyl halides is 3. The lowest BCUT2D eigenvalue weighted by Crippen LogP contribution is -2.21. The molecule has 0 unspecified atom stereocenters. The van der Waals surface area contributed by atoms with Gasteiger partial charge in [0.2, 0.25) is 0 Å². The SMILES string of the molecule is Cc1ncc(-c2cc(NC(=O)c3cc(F)cc(C(F)(F)F)c3)c3c(c2)C(=O)N[C@H]3c2cc(F)ccc2Cl)cn1. The Bertz CT molecular complexity index is 1640. The van der Waals surface area contributed by atoms with Crippen LogP contribution in [0.5, 0.6) is 0 Å². The van der Waals surface area contributed by atoms with Crippen molar-refractivity contribution >= 4 is 29.1 Å². The van der Waals surface area contributed by atoms with Crippen molar-refractivity contribution in [2.45, 2.75) is 19.1 Å². The first kappa shape index (κ1) is 26.2. The van der Waals surface area contributed by atoms with Crippen LogP contribution < -0.4 is 10.6 Å². The molecule has 1 aromatic heterocycles. The summed E-state index contributed by atoms with van der Waals surface area (Å²) < 4.78 is 67.8. The number of aryl methyl sites for hydroxylation is 1. The average molecular weight is 559 g/mol. The number of aromatic nitrogens is 2. The van der Waals surface area contributed by atoms with Crippen LogP contribution in [0.2, 0.25) is 5.02 Å². The van der Waals surface area contributed by atoms with E-state index in [0.29, 0.717) is 29.1 Å². The zero-order chi connectivity index (χ0) is 28.1. The number of hydrogen-bond donors (Lipinski definition) is 2. The zero-order valence-electron chi connectivity index (χ0n) is 19.8. The Morgan fingerprint density at radius 1 is 0.974 bits per heavy atom. The molecule has 0 saturated heterocycles. The Balaban J connectivity index is 1.66. The Labute approximate surface area is 222 Å². The minimum atomic E-state index is -4.89. The standard InChI is InChI=1S/C27H16ClF5N4O2/c1-12-34-10-15(11-35-12)13-6-20-23(24(37-26(20)39)19-9-17(29)2-3-21(19)28)22(7-13)36-25(38)14-4-16(27(31,32)33)8-18(30)5-14/h2-11,24H,1H3,(H,36,38)(H,37,39)/t24-/m0/s1. The molecule has 0 spiro atoms. The molecule has 4 aromatic rings. The van der Waals surface area contributed by atoms with E-state index in [-0.39, 0.29) is 33.5 Å². The van der Waals surface area contributed by atoms with Gasteiger partial charge in [0.25, 0.3) is 11.8 Å². The number of nitrogens with one attached hydrogen (secondary N) is 2. The van der Waals surface area contributed by atoms with Crippen molar-refractivity contribution in [2.75, 3.05) is 5.32 Å². The Morgan fingerprint density at radius 2 is 1.69 bits per heavy atom. The molecule has 198 valence electrons. The van der Waals surface area contributed by atoms with Gasteiger partial charge in [0, 0.05) is 50.9 Å². The summed E-state index contributed by atoms with van der Waals surface area (Å²) >= 11 is 6.29. The Morgan fingerprint density at radius 3 is 2.38 bits per heavy atom. The summed E-state index contributed by atoms with van der Waals surface area (Å²) in [5.41, 5.74) is -0.564. The highest BCUT2D eigenvalue weighted by Crippen LogP contribution is 2.42. The molecule has 0 radical (unpaired) electrons. The normalized spacial score (nSPS) is 14.6. The van der Waals surface area contributed by atoms with Gasteiger partial charge in [0.05, 0.1) is 11.6 Å². The summed E-state index contributed by atoms with van der Waals surface area (Å²) in [4.78, 5) is 34.4. The fourth-order valence-electron chi connectivity index (χ4n) is 4.29. The van der Waals surface area contributed by atoms with Gasteiger partial charge >= 0.3 is 6.18 Å². The van der Waals surface area contributed by atoms with E-state index >= 15 is 0 Å². The highest BCUT2D eigenvalue weighted by Gasteiger charge is 2.36. The Kier molecular flexibility index (Phi) is 6.55. The van der Waals surface area contributed by atoms with Crippen molar-refractivity contribution in [3.05, 3.63) is 111 Å². The molecule has 1 aliphatic rings. The molecule has 0 aliphatic carbocycles. The van der Waals surface area contributed by atoms with Crippen molar-refractivity contribution in [3.63, 3.8) is 0 Å². The molecule has 0 fully saturated rings. The van der Waals surface area contributed by atoms with Gasteiger partial charge < -0.3 is 10.6 Å². The summed E-state index contributed by atoms with van der Waals surface area (Å²) in [5, 5.41) is 5.33. The largest absolute Gasteiger partial charge is 0.416 e. The van der Waals surface area contributed by atoms with Crippen LogP contribution in [0.15, 0.2) is 60.9 Å². The molecule has 2 amide bonds. The number of rotatable bonds is 4. The van der Waals surface area contributed by atoms with Crippen LogP contribution in [-0.2, 0) is 6.18 Å². The molecule has 1 atom stereocenters. The second kappa shape index (κ2) is 9.73. The summed E-state index contributed by atoms with van der Waals surface area (Å²) in [5.74, 6) is -3.03. The van der Waals surface area contributed by atoms with E-state index in [9.17, 15) is 31.5 Å². The smallest absolute Gasteiger partial charge is 0.341 e. The third-order valence-electron chi connectivity index (χ3n) is 6.11. The number of carbonyl (C=O) groups is 2. The summed E-state index contributed by atoms with van der Waals surface area (Å²) in [6.07, 6.45) is -1.91. The molecule has 39 heavy (non-hydrogen) atoms. The molecule has 3 aromatic carbocycles. The van der Waals surface area contributed by atoms with Gasteiger partial charge in [-0.3, -0.25) is 9.59 Å². The second-order valence-electron chi connectivity index (χ2n) is 8.76. The van der Waals surface area contributed by atoms with Crippen LogP contribution in [-0.4, -0.2) is 21.8 Å². The number of carbonyl (C=O) groups excluding carboxylic acids is 2. The first-order chi connectivity index (χ1) is 18.4. The lowest BCUT2D eigenvalue weighted by atomic mass is 9.93. The summed E-state index contributed by atoms with van der Waals surface area (Å²) in [6.45, 7) is 1.67. The highest BCUT2D eigenvalue weighted by atomic mass is 35.5. The number of amides is 2. The van der Waals surface area contributed by atoms with Gasteiger partial charge in [-0.1, -0.05) is 11.6 Å². The van der Waals surface area contributed by atoms with Crippen LogP contribution in [0.1, 0.15) is 49.3 Å². The summed E-state index contributed by atoms with van der Waals surface area (Å²) in [7, 11) is 0. The summed E-state index contributed by atoms with van der Waals surface area (Å²) in [6, 6.07) is 6.99. The number of hydrogen-bond acceptors (Lipinski definition) is 4. The number of anilines is 1. The molecule has 1 aliphatic heterocycles. The zero-order valence-corrected chi connectivity index (χ0v) is 20.6. The van der Waals surface area contributed by atoms with Gasteiger partial charge in [-0.15, -0.1) is 0 Å². The minimum absolute atomic E-state index is 0.00886. The molecule has 2 N–H and O–H groups in total. The fraction of sp³-hybridized carbons (Fsp3) is 0.111. The number of nitrogens with zero attached hydrogens (tertiary/aromatic N) is 2. The second-order valence-corrected chi connectivity index (χ2v) is 9.16. The quantitative estimate of drug-likeness (QED) is 0.281. The van der Waals surface area contributed by atoms with E-state index in [0.717, 1.165) is 12.1 Å². The maximum absolute atomic E-state index is 14.1. The van der Waals surface area contributed by atoms with E-state index in [1.807, 2.05) is 0 Å². The number of benzene rings is 3. The van der Waals surface area contributed by atoms with Crippen molar-refractivity contribution in [1.82, 2.24) is 15.3 Å².